The lowest BCUT2D eigenvalue weighted by atomic mass is 10.1. The highest BCUT2D eigenvalue weighted by molar-refractivity contribution is 5.94. The fourth-order valence-electron chi connectivity index (χ4n) is 2.49. The van der Waals surface area contributed by atoms with Gasteiger partial charge in [-0.2, -0.15) is 0 Å². The van der Waals surface area contributed by atoms with Crippen molar-refractivity contribution in [1.29, 1.82) is 0 Å². The Labute approximate surface area is 133 Å². The molecule has 7 heteroatoms. The number of hydrogen-bond acceptors (Lipinski definition) is 3. The minimum absolute atomic E-state index is 0.0425. The molecule has 0 aromatic heterocycles. The van der Waals surface area contributed by atoms with Gasteiger partial charge in [0.1, 0.15) is 11.6 Å². The molecule has 1 heterocycles. The average Bonchev–Trinajstić information content (AvgIpc) is 2.52. The molecule has 0 atom stereocenters. The van der Waals surface area contributed by atoms with Gasteiger partial charge in [-0.15, -0.1) is 0 Å². The SMILES string of the molecule is O=C(CCCNC(=O)c1ccc(F)cc1F)NC1CCNCC1. The van der Waals surface area contributed by atoms with E-state index in [1.165, 1.54) is 0 Å². The minimum Gasteiger partial charge on any atom is -0.353 e. The van der Waals surface area contributed by atoms with E-state index in [0.29, 0.717) is 18.9 Å². The van der Waals surface area contributed by atoms with E-state index >= 15 is 0 Å². The van der Waals surface area contributed by atoms with Crippen LogP contribution in [0.5, 0.6) is 0 Å². The van der Waals surface area contributed by atoms with Gasteiger partial charge in [0.05, 0.1) is 5.56 Å². The van der Waals surface area contributed by atoms with E-state index in [1.807, 2.05) is 0 Å². The van der Waals surface area contributed by atoms with E-state index in [9.17, 15) is 18.4 Å². The number of benzene rings is 1. The van der Waals surface area contributed by atoms with Crippen molar-refractivity contribution in [3.8, 4) is 0 Å². The first kappa shape index (κ1) is 17.3. The Bertz CT molecular complexity index is 560. The van der Waals surface area contributed by atoms with Gasteiger partial charge in [0.15, 0.2) is 0 Å². The van der Waals surface area contributed by atoms with Crippen LogP contribution in [0.4, 0.5) is 8.78 Å². The van der Waals surface area contributed by atoms with Gasteiger partial charge >= 0.3 is 0 Å². The number of hydrogen-bond donors (Lipinski definition) is 3. The number of carbonyl (C=O) groups is 2. The van der Waals surface area contributed by atoms with E-state index < -0.39 is 17.5 Å². The second kappa shape index (κ2) is 8.57. The molecule has 2 rings (SSSR count). The van der Waals surface area contributed by atoms with Crippen molar-refractivity contribution >= 4 is 11.8 Å². The summed E-state index contributed by atoms with van der Waals surface area (Å²) in [6.45, 7) is 2.07. The largest absolute Gasteiger partial charge is 0.353 e. The molecule has 2 amide bonds. The van der Waals surface area contributed by atoms with Gasteiger partial charge < -0.3 is 16.0 Å². The Balaban J connectivity index is 1.66. The lowest BCUT2D eigenvalue weighted by Crippen LogP contribution is -2.42. The lowest BCUT2D eigenvalue weighted by Gasteiger charge is -2.23. The molecule has 0 spiro atoms. The van der Waals surface area contributed by atoms with Crippen LogP contribution in [0.2, 0.25) is 0 Å². The van der Waals surface area contributed by atoms with Crippen LogP contribution in [0, 0.1) is 11.6 Å². The molecule has 1 aromatic carbocycles. The van der Waals surface area contributed by atoms with E-state index in [0.717, 1.165) is 38.1 Å². The predicted octanol–water partition coefficient (Wildman–Crippen LogP) is 1.34. The van der Waals surface area contributed by atoms with Gasteiger partial charge in [0, 0.05) is 25.1 Å². The van der Waals surface area contributed by atoms with Gasteiger partial charge in [-0.05, 0) is 44.5 Å². The monoisotopic (exact) mass is 325 g/mol. The van der Waals surface area contributed by atoms with Crippen LogP contribution in [-0.4, -0.2) is 37.5 Å². The summed E-state index contributed by atoms with van der Waals surface area (Å²) in [5, 5.41) is 8.71. The highest BCUT2D eigenvalue weighted by atomic mass is 19.1. The standard InChI is InChI=1S/C16H21F2N3O2/c17-11-3-4-13(14(18)10-11)16(23)20-7-1-2-15(22)21-12-5-8-19-9-6-12/h3-4,10,12,19H,1-2,5-9H2,(H,20,23)(H,21,22). The summed E-state index contributed by atoms with van der Waals surface area (Å²) in [5.41, 5.74) is -0.203. The molecule has 1 aliphatic heterocycles. The summed E-state index contributed by atoms with van der Waals surface area (Å²) in [7, 11) is 0. The summed E-state index contributed by atoms with van der Waals surface area (Å²) < 4.78 is 26.2. The van der Waals surface area contributed by atoms with Crippen LogP contribution in [0.25, 0.3) is 0 Å². The third-order valence-electron chi connectivity index (χ3n) is 3.75. The van der Waals surface area contributed by atoms with Gasteiger partial charge in [0.25, 0.3) is 5.91 Å². The second-order valence-electron chi connectivity index (χ2n) is 5.58. The van der Waals surface area contributed by atoms with Crippen molar-refractivity contribution in [2.45, 2.75) is 31.7 Å². The molecular formula is C16H21F2N3O2. The zero-order valence-corrected chi connectivity index (χ0v) is 12.8. The first-order valence-electron chi connectivity index (χ1n) is 7.79. The summed E-state index contributed by atoms with van der Waals surface area (Å²) in [6, 6.07) is 3.02. The third-order valence-corrected chi connectivity index (χ3v) is 3.75. The predicted molar refractivity (Wildman–Crippen MR) is 82.0 cm³/mol. The van der Waals surface area contributed by atoms with E-state index in [4.69, 9.17) is 0 Å². The van der Waals surface area contributed by atoms with Crippen molar-refractivity contribution in [3.05, 3.63) is 35.4 Å². The maximum absolute atomic E-state index is 13.4. The van der Waals surface area contributed by atoms with E-state index in [1.54, 1.807) is 0 Å². The van der Waals surface area contributed by atoms with Crippen LogP contribution in [0.15, 0.2) is 18.2 Å². The Morgan fingerprint density at radius 3 is 2.65 bits per heavy atom. The zero-order valence-electron chi connectivity index (χ0n) is 12.8. The summed E-state index contributed by atoms with van der Waals surface area (Å²) in [4.78, 5) is 23.5. The Morgan fingerprint density at radius 1 is 1.22 bits per heavy atom. The highest BCUT2D eigenvalue weighted by Crippen LogP contribution is 2.09. The van der Waals surface area contributed by atoms with Gasteiger partial charge in [-0.3, -0.25) is 9.59 Å². The molecule has 1 fully saturated rings. The van der Waals surface area contributed by atoms with Crippen LogP contribution in [0.1, 0.15) is 36.0 Å². The van der Waals surface area contributed by atoms with Crippen molar-refractivity contribution in [1.82, 2.24) is 16.0 Å². The summed E-state index contributed by atoms with van der Waals surface area (Å²) >= 11 is 0. The minimum atomic E-state index is -0.897. The van der Waals surface area contributed by atoms with Crippen LogP contribution < -0.4 is 16.0 Å². The smallest absolute Gasteiger partial charge is 0.254 e. The molecule has 0 aliphatic carbocycles. The Morgan fingerprint density at radius 2 is 1.96 bits per heavy atom. The lowest BCUT2D eigenvalue weighted by molar-refractivity contribution is -0.122. The molecule has 0 saturated carbocycles. The van der Waals surface area contributed by atoms with Crippen LogP contribution >= 0.6 is 0 Å². The molecule has 23 heavy (non-hydrogen) atoms. The fourth-order valence-corrected chi connectivity index (χ4v) is 2.49. The Hall–Kier alpha value is -2.02. The maximum Gasteiger partial charge on any atom is 0.254 e. The van der Waals surface area contributed by atoms with E-state index in [2.05, 4.69) is 16.0 Å². The van der Waals surface area contributed by atoms with Gasteiger partial charge in [0.2, 0.25) is 5.91 Å². The van der Waals surface area contributed by atoms with Crippen molar-refractivity contribution < 1.29 is 18.4 Å². The number of halogens is 2. The van der Waals surface area contributed by atoms with Crippen molar-refractivity contribution in [2.75, 3.05) is 19.6 Å². The molecular weight excluding hydrogens is 304 g/mol. The first-order chi connectivity index (χ1) is 11.1. The van der Waals surface area contributed by atoms with Crippen molar-refractivity contribution in [3.63, 3.8) is 0 Å². The normalized spacial score (nSPS) is 15.2. The number of amides is 2. The number of piperidine rings is 1. The molecule has 1 aromatic rings. The summed E-state index contributed by atoms with van der Waals surface area (Å²) in [6.07, 6.45) is 2.61. The summed E-state index contributed by atoms with van der Waals surface area (Å²) in [5.74, 6) is -2.28. The fraction of sp³-hybridized carbons (Fsp3) is 0.500. The molecule has 0 radical (unpaired) electrons. The average molecular weight is 325 g/mol. The quantitative estimate of drug-likeness (QED) is 0.691. The number of nitrogens with one attached hydrogen (secondary N) is 3. The molecule has 5 nitrogen and oxygen atoms in total. The molecule has 3 N–H and O–H groups in total. The Kier molecular flexibility index (Phi) is 6.46. The molecule has 126 valence electrons. The van der Waals surface area contributed by atoms with Crippen LogP contribution in [0.3, 0.4) is 0 Å². The zero-order chi connectivity index (χ0) is 16.7. The molecule has 0 unspecified atom stereocenters. The third kappa shape index (κ3) is 5.59. The maximum atomic E-state index is 13.4. The van der Waals surface area contributed by atoms with Crippen molar-refractivity contribution in [2.24, 2.45) is 0 Å². The second-order valence-corrected chi connectivity index (χ2v) is 5.58. The highest BCUT2D eigenvalue weighted by Gasteiger charge is 2.15. The molecule has 0 bridgehead atoms. The topological polar surface area (TPSA) is 70.2 Å². The van der Waals surface area contributed by atoms with Crippen LogP contribution in [-0.2, 0) is 4.79 Å². The number of carbonyl (C=O) groups excluding carboxylic acids is 2. The molecule has 1 saturated heterocycles. The van der Waals surface area contributed by atoms with Gasteiger partial charge in [-0.25, -0.2) is 8.78 Å². The molecule has 1 aliphatic rings. The van der Waals surface area contributed by atoms with Gasteiger partial charge in [-0.1, -0.05) is 0 Å². The first-order valence-corrected chi connectivity index (χ1v) is 7.79. The van der Waals surface area contributed by atoms with E-state index in [-0.39, 0.29) is 24.1 Å². The number of rotatable bonds is 6.